The Hall–Kier alpha value is -1.02. The summed E-state index contributed by atoms with van der Waals surface area (Å²) < 4.78 is 12.2. The molecule has 0 bridgehead atoms. The Morgan fingerprint density at radius 3 is 2.38 bits per heavy atom. The normalized spacial score (nSPS) is 29.2. The summed E-state index contributed by atoms with van der Waals surface area (Å²) in [7, 11) is -0.158. The zero-order valence-corrected chi connectivity index (χ0v) is 13.6. The highest BCUT2D eigenvalue weighted by Crippen LogP contribution is 2.58. The van der Waals surface area contributed by atoms with E-state index in [0.717, 1.165) is 6.42 Å². The SMILES string of the molecule is CC1(C)OB(C2C[C@@H]2c2ccc(C#N)c(Cl)c2)OC1(C)C. The fourth-order valence-corrected chi connectivity index (χ4v) is 3.05. The molecule has 1 aliphatic carbocycles. The van der Waals surface area contributed by atoms with Crippen LogP contribution in [0.25, 0.3) is 0 Å². The lowest BCUT2D eigenvalue weighted by Crippen LogP contribution is -2.41. The molecule has 3 rings (SSSR count). The van der Waals surface area contributed by atoms with Crippen molar-refractivity contribution in [2.45, 2.75) is 57.1 Å². The third-order valence-corrected chi connectivity index (χ3v) is 5.32. The molecule has 2 fully saturated rings. The van der Waals surface area contributed by atoms with Crippen LogP contribution in [0.4, 0.5) is 0 Å². The summed E-state index contributed by atoms with van der Waals surface area (Å²) in [5, 5.41) is 9.45. The lowest BCUT2D eigenvalue weighted by Gasteiger charge is -2.32. The third kappa shape index (κ3) is 2.48. The summed E-state index contributed by atoms with van der Waals surface area (Å²) in [5.74, 6) is 0.778. The van der Waals surface area contributed by atoms with Gasteiger partial charge in [0.05, 0.1) is 21.8 Å². The van der Waals surface area contributed by atoms with Crippen molar-refractivity contribution in [2.75, 3.05) is 0 Å². The molecule has 0 spiro atoms. The first-order valence-electron chi connectivity index (χ1n) is 7.30. The van der Waals surface area contributed by atoms with Crippen LogP contribution < -0.4 is 0 Å². The van der Waals surface area contributed by atoms with E-state index < -0.39 is 0 Å². The minimum absolute atomic E-state index is 0.158. The molecule has 2 aliphatic rings. The number of nitriles is 1. The van der Waals surface area contributed by atoms with Crippen LogP contribution in [-0.4, -0.2) is 18.3 Å². The summed E-state index contributed by atoms with van der Waals surface area (Å²) >= 11 is 6.11. The number of hydrogen-bond donors (Lipinski definition) is 0. The number of hydrogen-bond acceptors (Lipinski definition) is 3. The molecule has 5 heteroatoms. The van der Waals surface area contributed by atoms with Crippen molar-refractivity contribution in [2.24, 2.45) is 0 Å². The summed E-state index contributed by atoms with van der Waals surface area (Å²) in [6.07, 6.45) is 1.04. The molecule has 110 valence electrons. The van der Waals surface area contributed by atoms with Gasteiger partial charge in [0.15, 0.2) is 0 Å². The monoisotopic (exact) mass is 303 g/mol. The second kappa shape index (κ2) is 4.74. The van der Waals surface area contributed by atoms with Crippen molar-refractivity contribution in [3.8, 4) is 6.07 Å². The lowest BCUT2D eigenvalue weighted by atomic mass is 9.79. The highest BCUT2D eigenvalue weighted by atomic mass is 35.5. The van der Waals surface area contributed by atoms with E-state index in [1.54, 1.807) is 6.07 Å². The Labute approximate surface area is 131 Å². The first-order chi connectivity index (χ1) is 9.75. The van der Waals surface area contributed by atoms with Crippen molar-refractivity contribution in [3.63, 3.8) is 0 Å². The predicted octanol–water partition coefficient (Wildman–Crippen LogP) is 4.16. The smallest absolute Gasteiger partial charge is 0.403 e. The fourth-order valence-electron chi connectivity index (χ4n) is 2.81. The summed E-state index contributed by atoms with van der Waals surface area (Å²) in [4.78, 5) is 0. The van der Waals surface area contributed by atoms with Gasteiger partial charge in [-0.2, -0.15) is 5.26 Å². The van der Waals surface area contributed by atoms with Gasteiger partial charge in [0.25, 0.3) is 0 Å². The topological polar surface area (TPSA) is 42.2 Å². The van der Waals surface area contributed by atoms with Crippen LogP contribution in [0.3, 0.4) is 0 Å². The minimum Gasteiger partial charge on any atom is -0.403 e. The van der Waals surface area contributed by atoms with E-state index >= 15 is 0 Å². The van der Waals surface area contributed by atoms with Crippen molar-refractivity contribution >= 4 is 18.7 Å². The van der Waals surface area contributed by atoms with Crippen molar-refractivity contribution in [1.29, 1.82) is 5.26 Å². The van der Waals surface area contributed by atoms with Gasteiger partial charge in [0.2, 0.25) is 0 Å². The Balaban J connectivity index is 1.73. The van der Waals surface area contributed by atoms with Crippen LogP contribution >= 0.6 is 11.6 Å². The highest BCUT2D eigenvalue weighted by Gasteiger charge is 2.59. The minimum atomic E-state index is -0.285. The summed E-state index contributed by atoms with van der Waals surface area (Å²) in [6, 6.07) is 7.76. The molecule has 1 unspecified atom stereocenters. The Kier molecular flexibility index (Phi) is 3.37. The molecule has 1 saturated carbocycles. The molecule has 1 aromatic rings. The molecular formula is C16H19BClNO2. The molecule has 3 nitrogen and oxygen atoms in total. The number of rotatable bonds is 2. The van der Waals surface area contributed by atoms with Crippen LogP contribution in [0, 0.1) is 11.3 Å². The van der Waals surface area contributed by atoms with Crippen molar-refractivity contribution in [1.82, 2.24) is 0 Å². The van der Waals surface area contributed by atoms with Crippen molar-refractivity contribution < 1.29 is 9.31 Å². The zero-order chi connectivity index (χ0) is 15.4. The quantitative estimate of drug-likeness (QED) is 0.770. The van der Waals surface area contributed by atoms with Gasteiger partial charge in [-0.15, -0.1) is 0 Å². The van der Waals surface area contributed by atoms with Crippen molar-refractivity contribution in [3.05, 3.63) is 34.3 Å². The standard InChI is InChI=1S/C16H19BClNO2/c1-15(2)16(3,4)21-17(20-15)13-8-12(13)10-5-6-11(9-19)14(18)7-10/h5-7,12-13H,8H2,1-4H3/t12-,13?/m1/s1. The molecule has 1 aliphatic heterocycles. The molecule has 0 N–H and O–H groups in total. The molecule has 1 saturated heterocycles. The average molecular weight is 304 g/mol. The zero-order valence-electron chi connectivity index (χ0n) is 12.8. The highest BCUT2D eigenvalue weighted by molar-refractivity contribution is 6.49. The molecular weight excluding hydrogens is 284 g/mol. The second-order valence-electron chi connectivity index (χ2n) is 6.98. The van der Waals surface area contributed by atoms with Crippen LogP contribution in [0.15, 0.2) is 18.2 Å². The van der Waals surface area contributed by atoms with E-state index in [9.17, 15) is 0 Å². The van der Waals surface area contributed by atoms with Gasteiger partial charge in [0.1, 0.15) is 6.07 Å². The van der Waals surface area contributed by atoms with Crippen LogP contribution in [0.2, 0.25) is 10.8 Å². The van der Waals surface area contributed by atoms with E-state index in [2.05, 4.69) is 33.8 Å². The van der Waals surface area contributed by atoms with Gasteiger partial charge in [-0.25, -0.2) is 0 Å². The van der Waals surface area contributed by atoms with E-state index in [4.69, 9.17) is 26.2 Å². The molecule has 2 atom stereocenters. The number of halogens is 1. The second-order valence-corrected chi connectivity index (χ2v) is 7.39. The predicted molar refractivity (Wildman–Crippen MR) is 83.4 cm³/mol. The first-order valence-corrected chi connectivity index (χ1v) is 7.68. The number of nitrogens with zero attached hydrogens (tertiary/aromatic N) is 1. The van der Waals surface area contributed by atoms with Gasteiger partial charge < -0.3 is 9.31 Å². The van der Waals surface area contributed by atoms with E-state index in [1.807, 2.05) is 12.1 Å². The molecule has 0 aromatic heterocycles. The fraction of sp³-hybridized carbons (Fsp3) is 0.562. The van der Waals surface area contributed by atoms with Gasteiger partial charge >= 0.3 is 7.12 Å². The van der Waals surface area contributed by atoms with Crippen LogP contribution in [-0.2, 0) is 9.31 Å². The maximum Gasteiger partial charge on any atom is 0.461 e. The Bertz CT molecular complexity index is 607. The molecule has 21 heavy (non-hydrogen) atoms. The van der Waals surface area contributed by atoms with Crippen LogP contribution in [0.5, 0.6) is 0 Å². The average Bonchev–Trinajstić information content (AvgIpc) is 3.13. The lowest BCUT2D eigenvalue weighted by molar-refractivity contribution is 0.00578. The van der Waals surface area contributed by atoms with Gasteiger partial charge in [-0.05, 0) is 57.7 Å². The van der Waals surface area contributed by atoms with E-state index in [-0.39, 0.29) is 18.3 Å². The van der Waals surface area contributed by atoms with Gasteiger partial charge in [0, 0.05) is 5.82 Å². The summed E-state index contributed by atoms with van der Waals surface area (Å²) in [5.41, 5.74) is 1.12. The molecule has 0 amide bonds. The molecule has 0 radical (unpaired) electrons. The largest absolute Gasteiger partial charge is 0.461 e. The molecule has 1 heterocycles. The Morgan fingerprint density at radius 2 is 1.86 bits per heavy atom. The van der Waals surface area contributed by atoms with Crippen LogP contribution in [0.1, 0.15) is 51.2 Å². The maximum absolute atomic E-state index is 8.93. The molecule has 1 aromatic carbocycles. The van der Waals surface area contributed by atoms with Gasteiger partial charge in [-0.3, -0.25) is 0 Å². The Morgan fingerprint density at radius 1 is 1.24 bits per heavy atom. The van der Waals surface area contributed by atoms with Gasteiger partial charge in [-0.1, -0.05) is 17.7 Å². The summed E-state index contributed by atoms with van der Waals surface area (Å²) in [6.45, 7) is 8.29. The third-order valence-electron chi connectivity index (χ3n) is 5.00. The number of benzene rings is 1. The first kappa shape index (κ1) is 14.9. The van der Waals surface area contributed by atoms with E-state index in [0.29, 0.717) is 22.3 Å². The maximum atomic E-state index is 8.93. The van der Waals surface area contributed by atoms with E-state index in [1.165, 1.54) is 5.56 Å².